The maximum absolute atomic E-state index is 12.0. The Labute approximate surface area is 148 Å². The Morgan fingerprint density at radius 2 is 2.04 bits per heavy atom. The highest BCUT2D eigenvalue weighted by molar-refractivity contribution is 5.92. The van der Waals surface area contributed by atoms with Crippen LogP contribution in [0, 0.1) is 0 Å². The van der Waals surface area contributed by atoms with Crippen LogP contribution in [0.4, 0.5) is 0 Å². The summed E-state index contributed by atoms with van der Waals surface area (Å²) in [4.78, 5) is 14.3. The van der Waals surface area contributed by atoms with Crippen LogP contribution in [-0.2, 0) is 21.4 Å². The van der Waals surface area contributed by atoms with Crippen molar-refractivity contribution >= 4 is 5.78 Å². The molecule has 0 amide bonds. The van der Waals surface area contributed by atoms with Crippen LogP contribution in [0.1, 0.15) is 48.4 Å². The first kappa shape index (κ1) is 16.5. The second kappa shape index (κ2) is 5.77. The van der Waals surface area contributed by atoms with Gasteiger partial charge in [-0.2, -0.15) is 0 Å². The van der Waals surface area contributed by atoms with Crippen molar-refractivity contribution in [3.8, 4) is 11.5 Å². The molecule has 1 spiro atoms. The number of hydrogen-bond acceptors (Lipinski definition) is 5. The van der Waals surface area contributed by atoms with E-state index in [2.05, 4.69) is 11.9 Å². The van der Waals surface area contributed by atoms with Crippen LogP contribution in [0.25, 0.3) is 0 Å². The molecule has 3 aliphatic rings. The zero-order valence-corrected chi connectivity index (χ0v) is 15.1. The van der Waals surface area contributed by atoms with Crippen molar-refractivity contribution in [1.29, 1.82) is 0 Å². The standard InChI is InChI=1S/C20H25NO4/c1-21-9-6-12-10-15(24-2)19(23)18-17(12)14(21)5-8-20(18)7-4-13(22)11-16(20)25-3/h10-11,14,23H,4-9H2,1-3H3. The summed E-state index contributed by atoms with van der Waals surface area (Å²) < 4.78 is 11.1. The van der Waals surface area contributed by atoms with Gasteiger partial charge in [0.2, 0.25) is 0 Å². The summed E-state index contributed by atoms with van der Waals surface area (Å²) in [6.45, 7) is 1.00. The van der Waals surface area contributed by atoms with Gasteiger partial charge in [-0.3, -0.25) is 9.69 Å². The Bertz CT molecular complexity index is 769. The first-order valence-electron chi connectivity index (χ1n) is 8.94. The van der Waals surface area contributed by atoms with Gasteiger partial charge in [0.1, 0.15) is 5.76 Å². The Kier molecular flexibility index (Phi) is 3.80. The molecule has 1 heterocycles. The molecule has 0 saturated carbocycles. The second-order valence-corrected chi connectivity index (χ2v) is 7.42. The largest absolute Gasteiger partial charge is 0.504 e. The summed E-state index contributed by atoms with van der Waals surface area (Å²) in [7, 11) is 5.36. The van der Waals surface area contributed by atoms with E-state index in [1.165, 1.54) is 11.1 Å². The number of ketones is 1. The van der Waals surface area contributed by atoms with Crippen molar-refractivity contribution < 1.29 is 19.4 Å². The molecular weight excluding hydrogens is 318 g/mol. The zero-order chi connectivity index (χ0) is 17.8. The summed E-state index contributed by atoms with van der Waals surface area (Å²) in [6, 6.07) is 2.29. The third-order valence-corrected chi connectivity index (χ3v) is 6.31. The van der Waals surface area contributed by atoms with Crippen LogP contribution in [0.5, 0.6) is 11.5 Å². The van der Waals surface area contributed by atoms with Gasteiger partial charge in [-0.05, 0) is 49.9 Å². The molecule has 4 rings (SSSR count). The second-order valence-electron chi connectivity index (χ2n) is 7.42. The van der Waals surface area contributed by atoms with E-state index >= 15 is 0 Å². The lowest BCUT2D eigenvalue weighted by Crippen LogP contribution is -2.44. The van der Waals surface area contributed by atoms with Gasteiger partial charge in [0.05, 0.1) is 19.6 Å². The molecule has 0 aromatic heterocycles. The number of carbonyl (C=O) groups is 1. The first-order valence-corrected chi connectivity index (χ1v) is 8.94. The number of benzene rings is 1. The van der Waals surface area contributed by atoms with Crippen LogP contribution < -0.4 is 4.74 Å². The Hall–Kier alpha value is -2.01. The van der Waals surface area contributed by atoms with Crippen LogP contribution in [0.15, 0.2) is 17.9 Å². The van der Waals surface area contributed by atoms with E-state index in [-0.39, 0.29) is 11.5 Å². The predicted molar refractivity (Wildman–Crippen MR) is 94.0 cm³/mol. The number of rotatable bonds is 2. The van der Waals surface area contributed by atoms with E-state index < -0.39 is 5.41 Å². The van der Waals surface area contributed by atoms with Crippen LogP contribution in [-0.4, -0.2) is 43.6 Å². The van der Waals surface area contributed by atoms with Crippen molar-refractivity contribution in [3.05, 3.63) is 34.6 Å². The number of phenols is 1. The summed E-state index contributed by atoms with van der Waals surface area (Å²) in [5.41, 5.74) is 2.96. The van der Waals surface area contributed by atoms with E-state index in [9.17, 15) is 9.90 Å². The minimum atomic E-state index is -0.431. The molecular formula is C20H25NO4. The third kappa shape index (κ3) is 2.21. The van der Waals surface area contributed by atoms with Crippen LogP contribution in [0.2, 0.25) is 0 Å². The molecule has 1 aromatic carbocycles. The molecule has 134 valence electrons. The molecule has 25 heavy (non-hydrogen) atoms. The lowest BCUT2D eigenvalue weighted by atomic mass is 9.61. The molecule has 0 fully saturated rings. The number of carbonyl (C=O) groups excluding carboxylic acids is 1. The minimum Gasteiger partial charge on any atom is -0.504 e. The van der Waals surface area contributed by atoms with E-state index in [4.69, 9.17) is 9.47 Å². The minimum absolute atomic E-state index is 0.0953. The molecule has 2 atom stereocenters. The number of hydrogen-bond donors (Lipinski definition) is 1. The molecule has 1 N–H and O–H groups in total. The highest BCUT2D eigenvalue weighted by Crippen LogP contribution is 2.58. The third-order valence-electron chi connectivity index (χ3n) is 6.31. The molecule has 5 nitrogen and oxygen atoms in total. The van der Waals surface area contributed by atoms with Gasteiger partial charge >= 0.3 is 0 Å². The number of nitrogens with zero attached hydrogens (tertiary/aromatic N) is 1. The average Bonchev–Trinajstić information content (AvgIpc) is 2.62. The van der Waals surface area contributed by atoms with Gasteiger partial charge in [0.25, 0.3) is 0 Å². The quantitative estimate of drug-likeness (QED) is 0.895. The number of likely N-dealkylation sites (N-methyl/N-ethyl adjacent to an activating group) is 1. The van der Waals surface area contributed by atoms with Gasteiger partial charge in [0.15, 0.2) is 17.3 Å². The fourth-order valence-electron chi connectivity index (χ4n) is 5.06. The van der Waals surface area contributed by atoms with E-state index in [1.807, 2.05) is 6.07 Å². The highest BCUT2D eigenvalue weighted by atomic mass is 16.5. The predicted octanol–water partition coefficient (Wildman–Crippen LogP) is 2.85. The lowest BCUT2D eigenvalue weighted by Gasteiger charge is -2.48. The summed E-state index contributed by atoms with van der Waals surface area (Å²) >= 11 is 0. The van der Waals surface area contributed by atoms with Crippen LogP contribution in [0.3, 0.4) is 0 Å². The lowest BCUT2D eigenvalue weighted by molar-refractivity contribution is -0.116. The number of aromatic hydroxyl groups is 1. The van der Waals surface area contributed by atoms with Crippen molar-refractivity contribution in [2.24, 2.45) is 0 Å². The molecule has 1 aliphatic heterocycles. The summed E-state index contributed by atoms with van der Waals surface area (Å²) in [6.07, 6.45) is 5.59. The fourth-order valence-corrected chi connectivity index (χ4v) is 5.06. The van der Waals surface area contributed by atoms with E-state index in [1.54, 1.807) is 20.3 Å². The van der Waals surface area contributed by atoms with Gasteiger partial charge in [0, 0.05) is 30.6 Å². The highest BCUT2D eigenvalue weighted by Gasteiger charge is 2.50. The van der Waals surface area contributed by atoms with Gasteiger partial charge in [-0.25, -0.2) is 0 Å². The maximum Gasteiger partial charge on any atom is 0.162 e. The molecule has 1 aromatic rings. The SMILES string of the molecule is COC1=CC(=O)CCC12CCC1c3c(cc(OC)c(O)c32)CCN1C. The Morgan fingerprint density at radius 3 is 2.76 bits per heavy atom. The zero-order valence-electron chi connectivity index (χ0n) is 15.1. The average molecular weight is 343 g/mol. The molecule has 2 unspecified atom stereocenters. The Balaban J connectivity index is 2.02. The van der Waals surface area contributed by atoms with Crippen molar-refractivity contribution in [1.82, 2.24) is 4.90 Å². The molecule has 0 bridgehead atoms. The van der Waals surface area contributed by atoms with Crippen molar-refractivity contribution in [3.63, 3.8) is 0 Å². The van der Waals surface area contributed by atoms with E-state index in [0.717, 1.165) is 31.4 Å². The monoisotopic (exact) mass is 343 g/mol. The number of fused-ring (bicyclic) bond motifs is 1. The molecule has 5 heteroatoms. The van der Waals surface area contributed by atoms with E-state index in [0.29, 0.717) is 30.4 Å². The molecule has 0 saturated heterocycles. The smallest absolute Gasteiger partial charge is 0.162 e. The van der Waals surface area contributed by atoms with Crippen molar-refractivity contribution in [2.75, 3.05) is 27.8 Å². The molecule has 2 aliphatic carbocycles. The number of phenolic OH excluding ortho intramolecular Hbond substituents is 1. The van der Waals surface area contributed by atoms with Crippen molar-refractivity contribution in [2.45, 2.75) is 43.6 Å². The van der Waals surface area contributed by atoms with Gasteiger partial charge < -0.3 is 14.6 Å². The first-order chi connectivity index (χ1) is 12.0. The maximum atomic E-state index is 12.0. The number of ether oxygens (including phenoxy) is 2. The van der Waals surface area contributed by atoms with Gasteiger partial charge in [-0.1, -0.05) is 0 Å². The number of allylic oxidation sites excluding steroid dienone is 2. The summed E-state index contributed by atoms with van der Waals surface area (Å²) in [5.74, 6) is 1.50. The Morgan fingerprint density at radius 1 is 1.24 bits per heavy atom. The normalized spacial score (nSPS) is 28.5. The fraction of sp³-hybridized carbons (Fsp3) is 0.550. The topological polar surface area (TPSA) is 59.0 Å². The van der Waals surface area contributed by atoms with Gasteiger partial charge in [-0.15, -0.1) is 0 Å². The molecule has 0 radical (unpaired) electrons. The number of methoxy groups -OCH3 is 2. The van der Waals surface area contributed by atoms with Crippen LogP contribution >= 0.6 is 0 Å². The summed E-state index contributed by atoms with van der Waals surface area (Å²) in [5, 5.41) is 11.1.